The van der Waals surface area contributed by atoms with Gasteiger partial charge in [-0.3, -0.25) is 4.79 Å². The van der Waals surface area contributed by atoms with Gasteiger partial charge in [-0.25, -0.2) is 9.97 Å². The van der Waals surface area contributed by atoms with Crippen molar-refractivity contribution in [2.45, 2.75) is 12.5 Å². The smallest absolute Gasteiger partial charge is 0.244 e. The second-order valence-electron chi connectivity index (χ2n) is 8.30. The molecule has 0 aliphatic carbocycles. The fraction of sp³-hybridized carbons (Fsp3) is 0.0769. The van der Waals surface area contributed by atoms with Crippen molar-refractivity contribution in [2.75, 3.05) is 5.73 Å². The summed E-state index contributed by atoms with van der Waals surface area (Å²) in [5, 5.41) is 15.1. The molecule has 4 N–H and O–H groups in total. The Hall–Kier alpha value is -4.54. The molecule has 38 heavy (non-hydrogen) atoms. The zero-order valence-electron chi connectivity index (χ0n) is 19.8. The van der Waals surface area contributed by atoms with Crippen LogP contribution in [0.2, 0.25) is 10.2 Å². The van der Waals surface area contributed by atoms with Crippen LogP contribution in [0.1, 0.15) is 23.0 Å². The molecule has 0 bridgehead atoms. The average Bonchev–Trinajstić information content (AvgIpc) is 3.59. The summed E-state index contributed by atoms with van der Waals surface area (Å²) in [7, 11) is 0. The van der Waals surface area contributed by atoms with E-state index in [-0.39, 0.29) is 5.91 Å². The number of amides is 1. The lowest BCUT2D eigenvalue weighted by atomic mass is 10.1. The molecule has 0 spiro atoms. The summed E-state index contributed by atoms with van der Waals surface area (Å²) >= 11 is 12.7. The van der Waals surface area contributed by atoms with Crippen LogP contribution in [0.3, 0.4) is 0 Å². The number of nitrogens with two attached hydrogens (primary N) is 1. The van der Waals surface area contributed by atoms with Gasteiger partial charge < -0.3 is 16.0 Å². The van der Waals surface area contributed by atoms with Crippen molar-refractivity contribution in [2.24, 2.45) is 0 Å². The first kappa shape index (κ1) is 25.1. The van der Waals surface area contributed by atoms with Gasteiger partial charge in [-0.1, -0.05) is 53.5 Å². The Morgan fingerprint density at radius 1 is 1.13 bits per heavy atom. The molecule has 10 nitrogen and oxygen atoms in total. The molecule has 1 atom stereocenters. The third-order valence-electron chi connectivity index (χ3n) is 5.67. The summed E-state index contributed by atoms with van der Waals surface area (Å²) in [5.74, 6) is 0.561. The minimum absolute atomic E-state index is 0.333. The Labute approximate surface area is 227 Å². The molecule has 3 aromatic heterocycles. The predicted molar refractivity (Wildman–Crippen MR) is 145 cm³/mol. The van der Waals surface area contributed by atoms with Gasteiger partial charge in [-0.15, -0.1) is 5.10 Å². The molecule has 0 unspecified atom stereocenters. The topological polar surface area (TPSA) is 140 Å². The molecule has 2 aromatic carbocycles. The van der Waals surface area contributed by atoms with Gasteiger partial charge in [0.2, 0.25) is 5.91 Å². The molecule has 0 saturated heterocycles. The first-order valence-corrected chi connectivity index (χ1v) is 12.2. The van der Waals surface area contributed by atoms with Crippen LogP contribution < -0.4 is 11.1 Å². The van der Waals surface area contributed by atoms with E-state index in [2.05, 4.69) is 35.8 Å². The van der Waals surface area contributed by atoms with Gasteiger partial charge in [-0.05, 0) is 58.8 Å². The minimum atomic E-state index is -0.499. The second-order valence-corrected chi connectivity index (χ2v) is 9.11. The number of nitrogen functional groups attached to an aromatic ring is 1. The van der Waals surface area contributed by atoms with Crippen LogP contribution in [0.4, 0.5) is 5.82 Å². The normalized spacial score (nSPS) is 12.1. The SMILES string of the molecule is Nc1ccc(-c2nc([C@H](Cc3ccccc3)NC(=O)/C=C/c3cc(Cl)ccc3-n3cnnn3)[nH]c2Cl)cn1. The van der Waals surface area contributed by atoms with Gasteiger partial charge in [0.05, 0.1) is 11.7 Å². The highest BCUT2D eigenvalue weighted by atomic mass is 35.5. The molecular weight excluding hydrogens is 525 g/mol. The summed E-state index contributed by atoms with van der Waals surface area (Å²) in [6, 6.07) is 18.0. The maximum Gasteiger partial charge on any atom is 0.244 e. The summed E-state index contributed by atoms with van der Waals surface area (Å²) < 4.78 is 1.49. The fourth-order valence-corrected chi connectivity index (χ4v) is 4.29. The van der Waals surface area contributed by atoms with Crippen LogP contribution >= 0.6 is 23.2 Å². The molecule has 0 radical (unpaired) electrons. The van der Waals surface area contributed by atoms with Crippen molar-refractivity contribution >= 4 is 41.0 Å². The first-order chi connectivity index (χ1) is 18.5. The lowest BCUT2D eigenvalue weighted by Crippen LogP contribution is -2.29. The molecule has 5 aromatic rings. The number of anilines is 1. The van der Waals surface area contributed by atoms with E-state index in [4.69, 9.17) is 28.9 Å². The number of halogens is 2. The monoisotopic (exact) mass is 545 g/mol. The fourth-order valence-electron chi connectivity index (χ4n) is 3.86. The zero-order chi connectivity index (χ0) is 26.5. The number of carbonyl (C=O) groups is 1. The number of hydrogen-bond donors (Lipinski definition) is 3. The highest BCUT2D eigenvalue weighted by molar-refractivity contribution is 6.32. The molecule has 0 saturated carbocycles. The van der Waals surface area contributed by atoms with Crippen molar-refractivity contribution < 1.29 is 4.79 Å². The van der Waals surface area contributed by atoms with Crippen LogP contribution in [-0.4, -0.2) is 41.1 Å². The van der Waals surface area contributed by atoms with Gasteiger partial charge >= 0.3 is 0 Å². The number of aromatic amines is 1. The van der Waals surface area contributed by atoms with Crippen molar-refractivity contribution in [3.05, 3.63) is 106 Å². The van der Waals surface area contributed by atoms with Crippen LogP contribution in [0.25, 0.3) is 23.0 Å². The van der Waals surface area contributed by atoms with Crippen molar-refractivity contribution in [3.63, 3.8) is 0 Å². The number of rotatable bonds is 8. The van der Waals surface area contributed by atoms with Crippen molar-refractivity contribution in [1.29, 1.82) is 0 Å². The second kappa shape index (κ2) is 11.2. The Morgan fingerprint density at radius 3 is 2.71 bits per heavy atom. The Bertz CT molecular complexity index is 1570. The molecule has 1 amide bonds. The van der Waals surface area contributed by atoms with Crippen LogP contribution in [0, 0.1) is 0 Å². The summed E-state index contributed by atoms with van der Waals surface area (Å²) in [6.45, 7) is 0. The maximum atomic E-state index is 13.1. The quantitative estimate of drug-likeness (QED) is 0.244. The Balaban J connectivity index is 1.42. The van der Waals surface area contributed by atoms with Gasteiger partial charge in [0.25, 0.3) is 0 Å². The van der Waals surface area contributed by atoms with Crippen LogP contribution in [-0.2, 0) is 11.2 Å². The highest BCUT2D eigenvalue weighted by Crippen LogP contribution is 2.28. The van der Waals surface area contributed by atoms with Crippen molar-refractivity contribution in [3.8, 4) is 16.9 Å². The number of carbonyl (C=O) groups excluding carboxylic acids is 1. The highest BCUT2D eigenvalue weighted by Gasteiger charge is 2.21. The largest absolute Gasteiger partial charge is 0.384 e. The van der Waals surface area contributed by atoms with E-state index in [1.165, 1.54) is 17.1 Å². The number of aromatic nitrogens is 7. The number of nitrogens with one attached hydrogen (secondary N) is 2. The number of pyridine rings is 1. The summed E-state index contributed by atoms with van der Waals surface area (Å²) in [4.78, 5) is 25.0. The summed E-state index contributed by atoms with van der Waals surface area (Å²) in [5.41, 5.74) is 9.28. The van der Waals surface area contributed by atoms with E-state index >= 15 is 0 Å². The van der Waals surface area contributed by atoms with E-state index in [0.29, 0.717) is 50.7 Å². The van der Waals surface area contributed by atoms with E-state index in [0.717, 1.165) is 5.56 Å². The van der Waals surface area contributed by atoms with Crippen LogP contribution in [0.15, 0.2) is 79.3 Å². The molecule has 12 heteroatoms. The van der Waals surface area contributed by atoms with Gasteiger partial charge in [-0.2, -0.15) is 4.68 Å². The molecule has 190 valence electrons. The molecule has 0 fully saturated rings. The first-order valence-electron chi connectivity index (χ1n) is 11.5. The summed E-state index contributed by atoms with van der Waals surface area (Å²) in [6.07, 6.45) is 6.62. The Kier molecular flexibility index (Phi) is 7.43. The molecular formula is C26H21Cl2N9O. The maximum absolute atomic E-state index is 13.1. The van der Waals surface area contributed by atoms with Crippen molar-refractivity contribution in [1.82, 2.24) is 40.5 Å². The molecule has 3 heterocycles. The number of imidazole rings is 1. The Morgan fingerprint density at radius 2 is 1.97 bits per heavy atom. The van der Waals surface area contributed by atoms with Crippen LogP contribution in [0.5, 0.6) is 0 Å². The van der Waals surface area contributed by atoms with Gasteiger partial charge in [0, 0.05) is 28.4 Å². The lowest BCUT2D eigenvalue weighted by molar-refractivity contribution is -0.117. The standard InChI is InChI=1S/C26H21Cl2N9O/c27-19-8-9-21(37-15-31-35-36-37)17(13-19)7-11-23(38)32-20(12-16-4-2-1-3-5-16)26-33-24(25(28)34-26)18-6-10-22(29)30-14-18/h1-11,13-15,20H,12H2,(H2,29,30)(H,32,38)(H,33,34)/b11-7+/t20-/m0/s1. The lowest BCUT2D eigenvalue weighted by Gasteiger charge is -2.16. The van der Waals surface area contributed by atoms with E-state index < -0.39 is 6.04 Å². The third kappa shape index (κ3) is 5.88. The minimum Gasteiger partial charge on any atom is -0.384 e. The number of hydrogen-bond acceptors (Lipinski definition) is 7. The number of tetrazole rings is 1. The van der Waals surface area contributed by atoms with E-state index in [1.54, 1.807) is 42.6 Å². The molecule has 0 aliphatic rings. The van der Waals surface area contributed by atoms with E-state index in [1.807, 2.05) is 30.3 Å². The molecule has 0 aliphatic heterocycles. The van der Waals surface area contributed by atoms with Gasteiger partial charge in [0.15, 0.2) is 0 Å². The predicted octanol–water partition coefficient (Wildman–Crippen LogP) is 4.45. The number of nitrogens with zero attached hydrogens (tertiary/aromatic N) is 6. The zero-order valence-corrected chi connectivity index (χ0v) is 21.3. The number of benzene rings is 2. The average molecular weight is 546 g/mol. The van der Waals surface area contributed by atoms with E-state index in [9.17, 15) is 4.79 Å². The third-order valence-corrected chi connectivity index (χ3v) is 6.18. The molecule has 5 rings (SSSR count). The number of H-pyrrole nitrogens is 1. The van der Waals surface area contributed by atoms with Gasteiger partial charge in [0.1, 0.15) is 28.8 Å².